The third-order valence-electron chi connectivity index (χ3n) is 6.81. The van der Waals surface area contributed by atoms with E-state index in [-0.39, 0.29) is 43.2 Å². The van der Waals surface area contributed by atoms with Gasteiger partial charge >= 0.3 is 13.9 Å². The molecule has 0 radical (unpaired) electrons. The molecule has 0 saturated carbocycles. The van der Waals surface area contributed by atoms with Crippen LogP contribution in [-0.4, -0.2) is 55.0 Å². The smallest absolute Gasteiger partial charge is 0.404 e. The summed E-state index contributed by atoms with van der Waals surface area (Å²) in [5.74, 6) is -0.389. The topological polar surface area (TPSA) is 135 Å². The Balaban J connectivity index is 1.34. The number of amides is 4. The molecule has 11 nitrogen and oxygen atoms in total. The average Bonchev–Trinajstić information content (AvgIpc) is 3.03. The normalized spacial score (nSPS) is 13.9. The lowest BCUT2D eigenvalue weighted by molar-refractivity contribution is -0.128. The van der Waals surface area contributed by atoms with Crippen LogP contribution in [0.1, 0.15) is 36.5 Å². The van der Waals surface area contributed by atoms with Gasteiger partial charge in [-0.05, 0) is 41.7 Å². The van der Waals surface area contributed by atoms with Crippen LogP contribution in [0, 0.1) is 0 Å². The molecule has 0 aromatic heterocycles. The first kappa shape index (κ1) is 32.7. The van der Waals surface area contributed by atoms with Crippen molar-refractivity contribution in [3.8, 4) is 5.75 Å². The molecule has 1 saturated heterocycles. The van der Waals surface area contributed by atoms with E-state index in [1.807, 2.05) is 60.7 Å². The molecule has 4 rings (SSSR count). The minimum absolute atomic E-state index is 0.0315. The summed E-state index contributed by atoms with van der Waals surface area (Å²) in [5.41, 5.74) is 2.38. The summed E-state index contributed by atoms with van der Waals surface area (Å²) in [6.07, 6.45) is 1.72. The number of phosphoric ester groups is 1. The first-order chi connectivity index (χ1) is 21.3. The molecule has 1 aliphatic rings. The number of carbonyl (C=O) groups is 3. The van der Waals surface area contributed by atoms with Crippen molar-refractivity contribution >= 4 is 25.7 Å². The van der Waals surface area contributed by atoms with E-state index in [1.54, 1.807) is 29.2 Å². The fourth-order valence-electron chi connectivity index (χ4n) is 4.55. The highest BCUT2D eigenvalue weighted by atomic mass is 31.2. The number of nitrogens with one attached hydrogen (secondary N) is 3. The highest BCUT2D eigenvalue weighted by molar-refractivity contribution is 7.48. The van der Waals surface area contributed by atoms with Gasteiger partial charge in [0.1, 0.15) is 11.8 Å². The maximum atomic E-state index is 13.7. The Hall–Kier alpha value is -4.18. The minimum atomic E-state index is -4.03. The Morgan fingerprint density at radius 3 is 2.09 bits per heavy atom. The first-order valence-corrected chi connectivity index (χ1v) is 16.1. The molecule has 3 aromatic rings. The number of phosphoric acid groups is 1. The molecule has 4 amide bonds. The third kappa shape index (κ3) is 10.8. The van der Waals surface area contributed by atoms with E-state index in [9.17, 15) is 18.9 Å². The van der Waals surface area contributed by atoms with Crippen molar-refractivity contribution in [2.45, 2.75) is 45.4 Å². The summed E-state index contributed by atoms with van der Waals surface area (Å²) in [6.45, 7) is 3.70. The number of rotatable bonds is 16. The SMILES string of the molecule is CC(=O)N[C@H](Cc1ccc(OP(=O)(OCc2ccccc2)OCc2ccccc2)cc1)C(=O)NCCCN1CCCNC1=O. The van der Waals surface area contributed by atoms with Crippen LogP contribution in [0.15, 0.2) is 84.9 Å². The van der Waals surface area contributed by atoms with E-state index >= 15 is 0 Å². The zero-order chi connectivity index (χ0) is 31.2. The van der Waals surface area contributed by atoms with Gasteiger partial charge in [-0.1, -0.05) is 72.8 Å². The maximum absolute atomic E-state index is 13.7. The van der Waals surface area contributed by atoms with Crippen LogP contribution in [0.25, 0.3) is 0 Å². The van der Waals surface area contributed by atoms with Gasteiger partial charge in [-0.2, -0.15) is 0 Å². The second-order valence-corrected chi connectivity index (χ2v) is 12.0. The second kappa shape index (κ2) is 16.6. The molecule has 1 heterocycles. The molecule has 234 valence electrons. The molecule has 1 atom stereocenters. The van der Waals surface area contributed by atoms with E-state index < -0.39 is 13.9 Å². The molecule has 44 heavy (non-hydrogen) atoms. The molecule has 1 aliphatic heterocycles. The number of benzene rings is 3. The molecule has 0 unspecified atom stereocenters. The van der Waals surface area contributed by atoms with Crippen LogP contribution in [0.4, 0.5) is 4.79 Å². The summed E-state index contributed by atoms with van der Waals surface area (Å²) in [5, 5.41) is 8.36. The second-order valence-electron chi connectivity index (χ2n) is 10.4. The number of urea groups is 1. The number of carbonyl (C=O) groups excluding carboxylic acids is 3. The van der Waals surface area contributed by atoms with Crippen molar-refractivity contribution in [2.24, 2.45) is 0 Å². The van der Waals surface area contributed by atoms with Crippen LogP contribution in [-0.2, 0) is 42.8 Å². The molecule has 3 aromatic carbocycles. The largest absolute Gasteiger partial charge is 0.530 e. The Bertz CT molecular complexity index is 1360. The summed E-state index contributed by atoms with van der Waals surface area (Å²) in [7, 11) is -4.03. The van der Waals surface area contributed by atoms with Crippen LogP contribution >= 0.6 is 7.82 Å². The van der Waals surface area contributed by atoms with E-state index in [4.69, 9.17) is 13.6 Å². The standard InChI is InChI=1S/C32H39N4O7P/c1-25(37)35-30(31(38)33-18-8-20-36-21-9-19-34-32(36)39)22-26-14-16-29(17-15-26)43-44(40,41-23-27-10-4-2-5-11-27)42-24-28-12-6-3-7-13-28/h2-7,10-17,30H,8-9,18-24H2,1H3,(H,33,38)(H,34,39)(H,35,37)/t30-/m1/s1. The highest BCUT2D eigenvalue weighted by Crippen LogP contribution is 2.51. The molecule has 0 aliphatic carbocycles. The lowest BCUT2D eigenvalue weighted by atomic mass is 10.0. The van der Waals surface area contributed by atoms with Crippen molar-refractivity contribution in [2.75, 3.05) is 26.2 Å². The Morgan fingerprint density at radius 1 is 0.909 bits per heavy atom. The van der Waals surface area contributed by atoms with E-state index in [2.05, 4.69) is 16.0 Å². The molecule has 1 fully saturated rings. The predicted molar refractivity (Wildman–Crippen MR) is 166 cm³/mol. The molecule has 12 heteroatoms. The quantitative estimate of drug-likeness (QED) is 0.157. The summed E-state index contributed by atoms with van der Waals surface area (Å²) >= 11 is 0. The van der Waals surface area contributed by atoms with Gasteiger partial charge in [-0.25, -0.2) is 9.36 Å². The average molecular weight is 623 g/mol. The van der Waals surface area contributed by atoms with Crippen molar-refractivity contribution in [3.05, 3.63) is 102 Å². The Labute approximate surface area is 257 Å². The van der Waals surface area contributed by atoms with Gasteiger partial charge in [0.2, 0.25) is 11.8 Å². The van der Waals surface area contributed by atoms with Gasteiger partial charge in [-0.3, -0.25) is 18.6 Å². The third-order valence-corrected chi connectivity index (χ3v) is 8.14. The van der Waals surface area contributed by atoms with E-state index in [0.29, 0.717) is 32.6 Å². The van der Waals surface area contributed by atoms with Crippen molar-refractivity contribution in [1.29, 1.82) is 0 Å². The number of nitrogens with zero attached hydrogens (tertiary/aromatic N) is 1. The van der Waals surface area contributed by atoms with E-state index in [1.165, 1.54) is 6.92 Å². The number of hydrogen-bond donors (Lipinski definition) is 3. The maximum Gasteiger partial charge on any atom is 0.530 e. The fraction of sp³-hybridized carbons (Fsp3) is 0.344. The van der Waals surface area contributed by atoms with Crippen LogP contribution in [0.3, 0.4) is 0 Å². The minimum Gasteiger partial charge on any atom is -0.404 e. The highest BCUT2D eigenvalue weighted by Gasteiger charge is 2.29. The van der Waals surface area contributed by atoms with Gasteiger partial charge in [0, 0.05) is 39.5 Å². The van der Waals surface area contributed by atoms with Gasteiger partial charge < -0.3 is 25.4 Å². The fourth-order valence-corrected chi connectivity index (χ4v) is 5.72. The monoisotopic (exact) mass is 622 g/mol. The lowest BCUT2D eigenvalue weighted by Gasteiger charge is -2.27. The summed E-state index contributed by atoms with van der Waals surface area (Å²) in [4.78, 5) is 38.4. The molecular formula is C32H39N4O7P. The van der Waals surface area contributed by atoms with Crippen molar-refractivity contribution < 1.29 is 32.5 Å². The van der Waals surface area contributed by atoms with Gasteiger partial charge in [0.15, 0.2) is 0 Å². The zero-order valence-corrected chi connectivity index (χ0v) is 25.7. The van der Waals surface area contributed by atoms with Gasteiger partial charge in [-0.15, -0.1) is 0 Å². The van der Waals surface area contributed by atoms with Crippen molar-refractivity contribution in [3.63, 3.8) is 0 Å². The van der Waals surface area contributed by atoms with Gasteiger partial charge in [0.05, 0.1) is 13.2 Å². The van der Waals surface area contributed by atoms with Crippen molar-refractivity contribution in [1.82, 2.24) is 20.9 Å². The van der Waals surface area contributed by atoms with Crippen LogP contribution < -0.4 is 20.5 Å². The Kier molecular flexibility index (Phi) is 12.4. The summed E-state index contributed by atoms with van der Waals surface area (Å²) in [6, 6.07) is 24.4. The molecule has 0 bridgehead atoms. The van der Waals surface area contributed by atoms with Crippen LogP contribution in [0.5, 0.6) is 5.75 Å². The first-order valence-electron chi connectivity index (χ1n) is 14.6. The predicted octanol–water partition coefficient (Wildman–Crippen LogP) is 4.58. The van der Waals surface area contributed by atoms with Crippen LogP contribution in [0.2, 0.25) is 0 Å². The zero-order valence-electron chi connectivity index (χ0n) is 24.8. The van der Waals surface area contributed by atoms with E-state index in [0.717, 1.165) is 23.1 Å². The van der Waals surface area contributed by atoms with Gasteiger partial charge in [0.25, 0.3) is 0 Å². The molecular weight excluding hydrogens is 583 g/mol. The molecule has 0 spiro atoms. The summed E-state index contributed by atoms with van der Waals surface area (Å²) < 4.78 is 30.8. The molecule has 3 N–H and O–H groups in total. The lowest BCUT2D eigenvalue weighted by Crippen LogP contribution is -2.49. The Morgan fingerprint density at radius 2 is 1.52 bits per heavy atom. The number of hydrogen-bond acceptors (Lipinski definition) is 7.